The molecule has 108 valence electrons. The highest BCUT2D eigenvalue weighted by molar-refractivity contribution is 7.47. The summed E-state index contributed by atoms with van der Waals surface area (Å²) in [7, 11) is -3.88. The average molecular weight is 281 g/mol. The fraction of sp³-hybridized carbons (Fsp3) is 0.909. The van der Waals surface area contributed by atoms with Crippen LogP contribution < -0.4 is 5.32 Å². The van der Waals surface area contributed by atoms with Crippen molar-refractivity contribution in [3.8, 4) is 0 Å². The van der Waals surface area contributed by atoms with Crippen LogP contribution in [0.2, 0.25) is 0 Å². The number of phosphoric ester groups is 1. The maximum atomic E-state index is 11.3. The summed E-state index contributed by atoms with van der Waals surface area (Å²) in [5.41, 5.74) is 0. The highest BCUT2D eigenvalue weighted by Crippen LogP contribution is 2.44. The van der Waals surface area contributed by atoms with Gasteiger partial charge < -0.3 is 10.2 Å². The van der Waals surface area contributed by atoms with Gasteiger partial charge in [-0.3, -0.25) is 13.8 Å². The Morgan fingerprint density at radius 2 is 1.89 bits per heavy atom. The molecule has 0 rings (SSSR count). The van der Waals surface area contributed by atoms with Gasteiger partial charge >= 0.3 is 7.82 Å². The lowest BCUT2D eigenvalue weighted by atomic mass is 10.2. The molecule has 0 aromatic carbocycles. The van der Waals surface area contributed by atoms with Gasteiger partial charge in [0.15, 0.2) is 0 Å². The molecule has 0 aromatic rings. The number of hydrogen-bond acceptors (Lipinski definition) is 4. The normalized spacial score (nSPS) is 14.5. The fourth-order valence-corrected chi connectivity index (χ4v) is 2.28. The number of phosphoric acid groups is 1. The van der Waals surface area contributed by atoms with Crippen molar-refractivity contribution in [3.05, 3.63) is 0 Å². The average Bonchev–Trinajstić information content (AvgIpc) is 2.19. The summed E-state index contributed by atoms with van der Waals surface area (Å²) < 4.78 is 20.9. The van der Waals surface area contributed by atoms with E-state index in [1.807, 2.05) is 0 Å². The first-order valence-corrected chi connectivity index (χ1v) is 7.73. The summed E-state index contributed by atoms with van der Waals surface area (Å²) in [5.74, 6) is -0.0228. The fourth-order valence-electron chi connectivity index (χ4n) is 1.32. The molecule has 0 aliphatic rings. The van der Waals surface area contributed by atoms with Gasteiger partial charge in [0.1, 0.15) is 0 Å². The lowest BCUT2D eigenvalue weighted by Crippen LogP contribution is -2.20. The first-order chi connectivity index (χ1) is 8.33. The van der Waals surface area contributed by atoms with Crippen molar-refractivity contribution >= 4 is 13.7 Å². The third-order valence-electron chi connectivity index (χ3n) is 2.04. The number of unbranched alkanes of at least 4 members (excludes halogenated alkanes) is 3. The Labute approximate surface area is 109 Å². The second-order valence-electron chi connectivity index (χ2n) is 4.35. The lowest BCUT2D eigenvalue weighted by Gasteiger charge is -2.14. The molecule has 0 heterocycles. The first kappa shape index (κ1) is 17.6. The molecular formula is C11H24NO5P. The first-order valence-electron chi connectivity index (χ1n) is 6.23. The molecule has 0 fully saturated rings. The Bertz CT molecular complexity index is 283. The molecule has 0 saturated carbocycles. The van der Waals surface area contributed by atoms with E-state index in [2.05, 4.69) is 5.32 Å². The van der Waals surface area contributed by atoms with E-state index in [1.165, 1.54) is 6.92 Å². The van der Waals surface area contributed by atoms with Gasteiger partial charge in [0.05, 0.1) is 12.7 Å². The Morgan fingerprint density at radius 1 is 1.28 bits per heavy atom. The predicted molar refractivity (Wildman–Crippen MR) is 69.2 cm³/mol. The van der Waals surface area contributed by atoms with Gasteiger partial charge in [-0.2, -0.15) is 0 Å². The summed E-state index contributed by atoms with van der Waals surface area (Å²) in [6, 6.07) is 0. The number of nitrogens with one attached hydrogen (secondary N) is 1. The van der Waals surface area contributed by atoms with Gasteiger partial charge in [-0.25, -0.2) is 4.57 Å². The summed E-state index contributed by atoms with van der Waals surface area (Å²) in [6.07, 6.45) is 3.11. The van der Waals surface area contributed by atoms with Crippen LogP contribution in [0.4, 0.5) is 0 Å². The zero-order valence-corrected chi connectivity index (χ0v) is 12.2. The van der Waals surface area contributed by atoms with Gasteiger partial charge in [-0.1, -0.05) is 12.8 Å². The van der Waals surface area contributed by atoms with Crippen LogP contribution in [0, 0.1) is 0 Å². The third kappa shape index (κ3) is 12.0. The Morgan fingerprint density at radius 3 is 2.44 bits per heavy atom. The molecule has 1 amide bonds. The van der Waals surface area contributed by atoms with Gasteiger partial charge in [-0.15, -0.1) is 0 Å². The van der Waals surface area contributed by atoms with Crippen LogP contribution in [0.1, 0.15) is 46.5 Å². The van der Waals surface area contributed by atoms with Crippen LogP contribution >= 0.6 is 7.82 Å². The molecule has 0 aliphatic heterocycles. The Hall–Kier alpha value is -0.420. The minimum Gasteiger partial charge on any atom is -0.356 e. The maximum Gasteiger partial charge on any atom is 0.472 e. The van der Waals surface area contributed by atoms with Crippen molar-refractivity contribution < 1.29 is 23.3 Å². The number of amides is 1. The summed E-state index contributed by atoms with van der Waals surface area (Å²) in [4.78, 5) is 19.8. The van der Waals surface area contributed by atoms with Crippen molar-refractivity contribution in [3.63, 3.8) is 0 Å². The molecule has 0 aromatic heterocycles. The standard InChI is InChI=1S/C11H24NO5P/c1-10(2)17-18(14,15)16-9-7-5-4-6-8-12-11(3)13/h10H,4-9H2,1-3H3,(H,12,13)(H,14,15). The molecule has 6 nitrogen and oxygen atoms in total. The van der Waals surface area contributed by atoms with Gasteiger partial charge in [0.25, 0.3) is 0 Å². The predicted octanol–water partition coefficient (Wildman–Crippen LogP) is 2.22. The van der Waals surface area contributed by atoms with Crippen LogP contribution in [0.3, 0.4) is 0 Å². The van der Waals surface area contributed by atoms with Crippen LogP contribution in [0.15, 0.2) is 0 Å². The SMILES string of the molecule is CC(=O)NCCCCCCOP(=O)(O)OC(C)C. The molecule has 0 bridgehead atoms. The van der Waals surface area contributed by atoms with Crippen molar-refractivity contribution in [2.45, 2.75) is 52.6 Å². The molecule has 18 heavy (non-hydrogen) atoms. The molecule has 1 atom stereocenters. The van der Waals surface area contributed by atoms with Crippen LogP contribution in [-0.4, -0.2) is 30.1 Å². The minimum atomic E-state index is -3.88. The second-order valence-corrected chi connectivity index (χ2v) is 5.76. The van der Waals surface area contributed by atoms with Crippen molar-refractivity contribution in [2.75, 3.05) is 13.2 Å². The quantitative estimate of drug-likeness (QED) is 0.474. The van der Waals surface area contributed by atoms with Crippen LogP contribution in [0.5, 0.6) is 0 Å². The summed E-state index contributed by atoms with van der Waals surface area (Å²) in [6.45, 7) is 5.72. The lowest BCUT2D eigenvalue weighted by molar-refractivity contribution is -0.118. The number of carbonyl (C=O) groups is 1. The van der Waals surface area contributed by atoms with Crippen molar-refractivity contribution in [2.24, 2.45) is 0 Å². The maximum absolute atomic E-state index is 11.3. The van der Waals surface area contributed by atoms with Crippen molar-refractivity contribution in [1.29, 1.82) is 0 Å². The zero-order chi connectivity index (χ0) is 14.0. The number of rotatable bonds is 10. The highest BCUT2D eigenvalue weighted by atomic mass is 31.2. The molecule has 2 N–H and O–H groups in total. The molecule has 0 saturated heterocycles. The Balaban J connectivity index is 3.40. The van der Waals surface area contributed by atoms with Crippen molar-refractivity contribution in [1.82, 2.24) is 5.32 Å². The van der Waals surface area contributed by atoms with Crippen LogP contribution in [0.25, 0.3) is 0 Å². The molecule has 0 aliphatic carbocycles. The number of carbonyl (C=O) groups excluding carboxylic acids is 1. The van der Waals surface area contributed by atoms with E-state index in [-0.39, 0.29) is 18.6 Å². The number of hydrogen-bond donors (Lipinski definition) is 2. The molecule has 7 heteroatoms. The van der Waals surface area contributed by atoms with E-state index in [1.54, 1.807) is 13.8 Å². The van der Waals surface area contributed by atoms with Crippen LogP contribution in [-0.2, 0) is 18.4 Å². The minimum absolute atomic E-state index is 0.0228. The molecule has 1 unspecified atom stereocenters. The third-order valence-corrected chi connectivity index (χ3v) is 3.24. The van der Waals surface area contributed by atoms with E-state index in [0.717, 1.165) is 19.3 Å². The van der Waals surface area contributed by atoms with Gasteiger partial charge in [0.2, 0.25) is 5.91 Å². The van der Waals surface area contributed by atoms with Gasteiger partial charge in [0, 0.05) is 13.5 Å². The van der Waals surface area contributed by atoms with E-state index >= 15 is 0 Å². The monoisotopic (exact) mass is 281 g/mol. The summed E-state index contributed by atoms with van der Waals surface area (Å²) in [5, 5.41) is 2.71. The van der Waals surface area contributed by atoms with Gasteiger partial charge in [-0.05, 0) is 26.7 Å². The van der Waals surface area contributed by atoms with E-state index in [4.69, 9.17) is 9.05 Å². The molecule has 0 spiro atoms. The molecular weight excluding hydrogens is 257 g/mol. The highest BCUT2D eigenvalue weighted by Gasteiger charge is 2.21. The molecule has 0 radical (unpaired) electrons. The van der Waals surface area contributed by atoms with E-state index in [9.17, 15) is 14.3 Å². The summed E-state index contributed by atoms with van der Waals surface area (Å²) >= 11 is 0. The smallest absolute Gasteiger partial charge is 0.356 e. The van der Waals surface area contributed by atoms with E-state index < -0.39 is 7.82 Å². The second kappa shape index (κ2) is 9.50. The topological polar surface area (TPSA) is 84.9 Å². The largest absolute Gasteiger partial charge is 0.472 e. The Kier molecular flexibility index (Phi) is 9.28. The van der Waals surface area contributed by atoms with E-state index in [0.29, 0.717) is 13.0 Å². The zero-order valence-electron chi connectivity index (χ0n) is 11.3.